The van der Waals surface area contributed by atoms with Gasteiger partial charge in [0.25, 0.3) is 11.6 Å². The predicted octanol–water partition coefficient (Wildman–Crippen LogP) is 0.557. The number of nitrogens with one attached hydrogen (secondary N) is 1. The number of benzene rings is 1. The summed E-state index contributed by atoms with van der Waals surface area (Å²) in [7, 11) is 0. The highest BCUT2D eigenvalue weighted by Crippen LogP contribution is 2.19. The Morgan fingerprint density at radius 2 is 2.11 bits per heavy atom. The standard InChI is InChI=1S/C12H13N3O4/c16-11-8-14(7-3-6-13-11)12(17)9-4-1-2-5-10(9)15(18)19/h1-2,4-5H,3,6-8H2,(H,13,16). The summed E-state index contributed by atoms with van der Waals surface area (Å²) in [6.07, 6.45) is 0.637. The molecule has 0 radical (unpaired) electrons. The minimum Gasteiger partial charge on any atom is -0.354 e. The smallest absolute Gasteiger partial charge is 0.282 e. The van der Waals surface area contributed by atoms with Gasteiger partial charge in [0.15, 0.2) is 0 Å². The highest BCUT2D eigenvalue weighted by molar-refractivity contribution is 5.99. The first kappa shape index (κ1) is 13.0. The zero-order valence-corrected chi connectivity index (χ0v) is 10.2. The van der Waals surface area contributed by atoms with Crippen LogP contribution in [0.2, 0.25) is 0 Å². The van der Waals surface area contributed by atoms with Gasteiger partial charge in [-0.1, -0.05) is 12.1 Å². The number of nitrogens with zero attached hydrogens (tertiary/aromatic N) is 2. The van der Waals surface area contributed by atoms with Crippen molar-refractivity contribution in [3.8, 4) is 0 Å². The normalized spacial score (nSPS) is 15.6. The second-order valence-corrected chi connectivity index (χ2v) is 4.20. The Kier molecular flexibility index (Phi) is 3.74. The van der Waals surface area contributed by atoms with Crippen molar-refractivity contribution in [3.63, 3.8) is 0 Å². The molecule has 1 saturated heterocycles. The summed E-state index contributed by atoms with van der Waals surface area (Å²) in [6, 6.07) is 5.76. The first-order valence-corrected chi connectivity index (χ1v) is 5.89. The molecule has 1 aromatic rings. The zero-order chi connectivity index (χ0) is 13.8. The Morgan fingerprint density at radius 1 is 1.37 bits per heavy atom. The van der Waals surface area contributed by atoms with Gasteiger partial charge in [-0.2, -0.15) is 0 Å². The number of carbonyl (C=O) groups is 2. The first-order chi connectivity index (χ1) is 9.09. The van der Waals surface area contributed by atoms with Gasteiger partial charge in [0.05, 0.1) is 11.5 Å². The van der Waals surface area contributed by atoms with Crippen molar-refractivity contribution in [3.05, 3.63) is 39.9 Å². The number of para-hydroxylation sites is 1. The molecule has 2 amide bonds. The third kappa shape index (κ3) is 2.87. The lowest BCUT2D eigenvalue weighted by molar-refractivity contribution is -0.385. The van der Waals surface area contributed by atoms with E-state index in [-0.39, 0.29) is 23.7 Å². The molecule has 0 atom stereocenters. The lowest BCUT2D eigenvalue weighted by Crippen LogP contribution is -2.37. The van der Waals surface area contributed by atoms with Crippen molar-refractivity contribution in [2.45, 2.75) is 6.42 Å². The van der Waals surface area contributed by atoms with Crippen molar-refractivity contribution in [1.82, 2.24) is 10.2 Å². The highest BCUT2D eigenvalue weighted by Gasteiger charge is 2.26. The van der Waals surface area contributed by atoms with E-state index in [1.807, 2.05) is 0 Å². The van der Waals surface area contributed by atoms with Gasteiger partial charge in [-0.05, 0) is 12.5 Å². The molecule has 19 heavy (non-hydrogen) atoms. The van der Waals surface area contributed by atoms with Crippen molar-refractivity contribution in [1.29, 1.82) is 0 Å². The number of nitro groups is 1. The fraction of sp³-hybridized carbons (Fsp3) is 0.333. The second-order valence-electron chi connectivity index (χ2n) is 4.20. The number of hydrogen-bond acceptors (Lipinski definition) is 4. The molecule has 1 aromatic carbocycles. The topological polar surface area (TPSA) is 92.5 Å². The van der Waals surface area contributed by atoms with Crippen molar-refractivity contribution in [2.24, 2.45) is 0 Å². The summed E-state index contributed by atoms with van der Waals surface area (Å²) in [5.74, 6) is -0.728. The molecule has 7 nitrogen and oxygen atoms in total. The summed E-state index contributed by atoms with van der Waals surface area (Å²) in [5.41, 5.74) is -0.223. The van der Waals surface area contributed by atoms with Crippen LogP contribution in [0.4, 0.5) is 5.69 Å². The Bertz CT molecular complexity index is 529. The van der Waals surface area contributed by atoms with Crippen LogP contribution >= 0.6 is 0 Å². The van der Waals surface area contributed by atoms with Crippen molar-refractivity contribution < 1.29 is 14.5 Å². The molecular weight excluding hydrogens is 250 g/mol. The summed E-state index contributed by atoms with van der Waals surface area (Å²) in [5, 5.41) is 13.5. The van der Waals surface area contributed by atoms with Crippen LogP contribution in [0.15, 0.2) is 24.3 Å². The second kappa shape index (κ2) is 5.47. The fourth-order valence-electron chi connectivity index (χ4n) is 1.96. The highest BCUT2D eigenvalue weighted by atomic mass is 16.6. The van der Waals surface area contributed by atoms with Crippen LogP contribution in [0.25, 0.3) is 0 Å². The lowest BCUT2D eigenvalue weighted by atomic mass is 10.1. The molecule has 0 aliphatic carbocycles. The van der Waals surface area contributed by atoms with E-state index in [2.05, 4.69) is 5.32 Å². The minimum atomic E-state index is -0.592. The molecule has 7 heteroatoms. The fourth-order valence-corrected chi connectivity index (χ4v) is 1.96. The number of hydrogen-bond donors (Lipinski definition) is 1. The number of nitro benzene ring substituents is 1. The molecule has 2 rings (SSSR count). The predicted molar refractivity (Wildman–Crippen MR) is 66.6 cm³/mol. The largest absolute Gasteiger partial charge is 0.354 e. The van der Waals surface area contributed by atoms with Crippen LogP contribution in [-0.4, -0.2) is 41.3 Å². The van der Waals surface area contributed by atoms with E-state index in [4.69, 9.17) is 0 Å². The Labute approximate surface area is 109 Å². The number of rotatable bonds is 2. The molecule has 0 unspecified atom stereocenters. The third-order valence-electron chi connectivity index (χ3n) is 2.88. The van der Waals surface area contributed by atoms with E-state index in [0.717, 1.165) is 0 Å². The minimum absolute atomic E-state index is 0.0159. The van der Waals surface area contributed by atoms with Gasteiger partial charge < -0.3 is 10.2 Å². The summed E-state index contributed by atoms with van der Waals surface area (Å²) < 4.78 is 0. The van der Waals surface area contributed by atoms with Gasteiger partial charge in [-0.3, -0.25) is 19.7 Å². The van der Waals surface area contributed by atoms with E-state index in [0.29, 0.717) is 19.5 Å². The molecule has 0 aromatic heterocycles. The Hall–Kier alpha value is -2.44. The maximum Gasteiger partial charge on any atom is 0.282 e. The molecule has 1 aliphatic rings. The molecule has 0 spiro atoms. The molecule has 100 valence electrons. The molecule has 1 fully saturated rings. The van der Waals surface area contributed by atoms with Gasteiger partial charge in [0.2, 0.25) is 5.91 Å². The summed E-state index contributed by atoms with van der Waals surface area (Å²) >= 11 is 0. The quantitative estimate of drug-likeness (QED) is 0.623. The number of carbonyl (C=O) groups excluding carboxylic acids is 2. The molecule has 1 heterocycles. The van der Waals surface area contributed by atoms with E-state index in [9.17, 15) is 19.7 Å². The molecule has 1 aliphatic heterocycles. The third-order valence-corrected chi connectivity index (χ3v) is 2.88. The zero-order valence-electron chi connectivity index (χ0n) is 10.2. The van der Waals surface area contributed by atoms with Gasteiger partial charge >= 0.3 is 0 Å². The molecule has 0 bridgehead atoms. The Morgan fingerprint density at radius 3 is 2.84 bits per heavy atom. The summed E-state index contributed by atoms with van der Waals surface area (Å²) in [4.78, 5) is 35.3. The van der Waals surface area contributed by atoms with E-state index in [1.165, 1.54) is 23.1 Å². The van der Waals surface area contributed by atoms with E-state index < -0.39 is 10.8 Å². The Balaban J connectivity index is 2.28. The van der Waals surface area contributed by atoms with Gasteiger partial charge in [-0.25, -0.2) is 0 Å². The van der Waals surface area contributed by atoms with Crippen LogP contribution in [0.3, 0.4) is 0 Å². The monoisotopic (exact) mass is 263 g/mol. The first-order valence-electron chi connectivity index (χ1n) is 5.89. The molecular formula is C12H13N3O4. The average Bonchev–Trinajstić information content (AvgIpc) is 2.62. The van der Waals surface area contributed by atoms with Crippen LogP contribution in [0.1, 0.15) is 16.8 Å². The summed E-state index contributed by atoms with van der Waals surface area (Å²) in [6.45, 7) is 0.855. The SMILES string of the molecule is O=C1CN(C(=O)c2ccccc2[N+](=O)[O-])CCCN1. The lowest BCUT2D eigenvalue weighted by Gasteiger charge is -2.18. The van der Waals surface area contributed by atoms with Crippen LogP contribution in [0, 0.1) is 10.1 Å². The van der Waals surface area contributed by atoms with Gasteiger partial charge in [0.1, 0.15) is 5.56 Å². The van der Waals surface area contributed by atoms with Gasteiger partial charge in [-0.15, -0.1) is 0 Å². The molecule has 0 saturated carbocycles. The van der Waals surface area contributed by atoms with Crippen LogP contribution in [-0.2, 0) is 4.79 Å². The van der Waals surface area contributed by atoms with Crippen LogP contribution in [0.5, 0.6) is 0 Å². The van der Waals surface area contributed by atoms with Crippen molar-refractivity contribution >= 4 is 17.5 Å². The maximum absolute atomic E-state index is 12.3. The maximum atomic E-state index is 12.3. The average molecular weight is 263 g/mol. The van der Waals surface area contributed by atoms with E-state index in [1.54, 1.807) is 6.07 Å². The number of amides is 2. The molecule has 1 N–H and O–H groups in total. The van der Waals surface area contributed by atoms with Gasteiger partial charge in [0, 0.05) is 19.2 Å². The van der Waals surface area contributed by atoms with E-state index >= 15 is 0 Å². The van der Waals surface area contributed by atoms with Crippen molar-refractivity contribution in [2.75, 3.05) is 19.6 Å². The van der Waals surface area contributed by atoms with Crippen LogP contribution < -0.4 is 5.32 Å².